The molecule has 24 heavy (non-hydrogen) atoms. The summed E-state index contributed by atoms with van der Waals surface area (Å²) in [5.41, 5.74) is 0.121. The van der Waals surface area contributed by atoms with Gasteiger partial charge in [-0.15, -0.1) is 0 Å². The summed E-state index contributed by atoms with van der Waals surface area (Å²) in [7, 11) is -4.61. The van der Waals surface area contributed by atoms with Gasteiger partial charge >= 0.3 is 5.63 Å². The lowest BCUT2D eigenvalue weighted by Crippen LogP contribution is -2.19. The highest BCUT2D eigenvalue weighted by atomic mass is 32.2. The van der Waals surface area contributed by atoms with E-state index in [0.717, 1.165) is 5.56 Å². The number of hydrogen-bond donors (Lipinski definition) is 1. The summed E-state index contributed by atoms with van der Waals surface area (Å²) in [6.45, 7) is 1.85. The molecule has 0 saturated carbocycles. The van der Waals surface area contributed by atoms with Crippen molar-refractivity contribution < 1.29 is 17.4 Å². The average Bonchev–Trinajstić information content (AvgIpc) is 2.55. The van der Waals surface area contributed by atoms with E-state index in [1.54, 1.807) is 12.1 Å². The third-order valence-electron chi connectivity index (χ3n) is 4.02. The molecule has 124 valence electrons. The fourth-order valence-corrected chi connectivity index (χ4v) is 3.96. The van der Waals surface area contributed by atoms with Gasteiger partial charge in [0, 0.05) is 11.3 Å². The minimum atomic E-state index is -4.61. The van der Waals surface area contributed by atoms with Gasteiger partial charge in [-0.2, -0.15) is 8.42 Å². The topological polar surface area (TPSA) is 84.6 Å². The molecular formula is C18H16O5S. The molecule has 1 unspecified atom stereocenters. The van der Waals surface area contributed by atoms with Gasteiger partial charge in [0.05, 0.1) is 5.56 Å². The number of fused-ring (bicyclic) bond motifs is 1. The maximum atomic E-state index is 12.5. The third-order valence-corrected chi connectivity index (χ3v) is 4.97. The van der Waals surface area contributed by atoms with Crippen molar-refractivity contribution in [2.45, 2.75) is 24.2 Å². The van der Waals surface area contributed by atoms with Crippen LogP contribution in [-0.2, 0) is 10.1 Å². The van der Waals surface area contributed by atoms with Crippen molar-refractivity contribution in [3.05, 3.63) is 76.1 Å². The molecule has 0 amide bonds. The monoisotopic (exact) mass is 344 g/mol. The Hall–Kier alpha value is -2.44. The van der Waals surface area contributed by atoms with Crippen molar-refractivity contribution >= 4 is 21.1 Å². The van der Waals surface area contributed by atoms with Crippen LogP contribution >= 0.6 is 0 Å². The minimum absolute atomic E-state index is 0.0371. The highest BCUT2D eigenvalue weighted by Gasteiger charge is 2.29. The maximum absolute atomic E-state index is 12.5. The maximum Gasteiger partial charge on any atom is 0.341 e. The van der Waals surface area contributed by atoms with Crippen LogP contribution in [0.5, 0.6) is 0 Å². The van der Waals surface area contributed by atoms with Crippen LogP contribution in [0.25, 0.3) is 11.0 Å². The van der Waals surface area contributed by atoms with Gasteiger partial charge in [0.1, 0.15) is 10.5 Å². The van der Waals surface area contributed by atoms with E-state index in [2.05, 4.69) is 0 Å². The van der Waals surface area contributed by atoms with Gasteiger partial charge in [0.2, 0.25) is 0 Å². The van der Waals surface area contributed by atoms with Gasteiger partial charge in [-0.25, -0.2) is 4.79 Å². The number of rotatable bonds is 4. The van der Waals surface area contributed by atoms with Crippen LogP contribution in [0.15, 0.2) is 68.7 Å². The van der Waals surface area contributed by atoms with E-state index in [4.69, 9.17) is 4.42 Å². The lowest BCUT2D eigenvalue weighted by molar-refractivity contribution is 0.476. The Morgan fingerprint density at radius 1 is 1.04 bits per heavy atom. The molecule has 0 aliphatic carbocycles. The summed E-state index contributed by atoms with van der Waals surface area (Å²) in [6.07, 6.45) is 0.482. The van der Waals surface area contributed by atoms with Crippen molar-refractivity contribution in [2.24, 2.45) is 0 Å². The molecule has 0 spiro atoms. The highest BCUT2D eigenvalue weighted by molar-refractivity contribution is 7.86. The predicted molar refractivity (Wildman–Crippen MR) is 90.9 cm³/mol. The molecule has 0 aliphatic rings. The van der Waals surface area contributed by atoms with Crippen LogP contribution in [-0.4, -0.2) is 13.0 Å². The second-order valence-electron chi connectivity index (χ2n) is 5.48. The molecule has 6 heteroatoms. The van der Waals surface area contributed by atoms with E-state index in [1.807, 2.05) is 37.3 Å². The summed E-state index contributed by atoms with van der Waals surface area (Å²) < 4.78 is 39.2. The van der Waals surface area contributed by atoms with Crippen molar-refractivity contribution in [1.82, 2.24) is 0 Å². The zero-order valence-electron chi connectivity index (χ0n) is 13.0. The van der Waals surface area contributed by atoms with Gasteiger partial charge in [-0.05, 0) is 24.1 Å². The summed E-state index contributed by atoms with van der Waals surface area (Å²) in [5, 5.41) is 0.198. The second kappa shape index (κ2) is 6.22. The number of hydrogen-bond acceptors (Lipinski definition) is 4. The fourth-order valence-electron chi connectivity index (χ4n) is 3.01. The smallest absolute Gasteiger partial charge is 0.341 e. The van der Waals surface area contributed by atoms with E-state index in [0.29, 0.717) is 6.42 Å². The van der Waals surface area contributed by atoms with Gasteiger partial charge in [0.15, 0.2) is 0 Å². The Labute approximate surface area is 139 Å². The van der Waals surface area contributed by atoms with Gasteiger partial charge < -0.3 is 4.42 Å². The van der Waals surface area contributed by atoms with E-state index in [9.17, 15) is 17.8 Å². The van der Waals surface area contributed by atoms with E-state index in [1.165, 1.54) is 12.1 Å². The van der Waals surface area contributed by atoms with Gasteiger partial charge in [-0.1, -0.05) is 49.4 Å². The standard InChI is InChI=1S/C18H16O5S/c1-2-13(12-8-4-3-5-9-12)16-17(24(20,21)22)14-10-6-7-11-15(14)23-18(16)19/h3-11,13H,2H2,1H3,(H,20,21,22). The molecule has 0 bridgehead atoms. The summed E-state index contributed by atoms with van der Waals surface area (Å²) in [5.74, 6) is -0.496. The van der Waals surface area contributed by atoms with Crippen LogP contribution in [0.2, 0.25) is 0 Å². The van der Waals surface area contributed by atoms with Crippen molar-refractivity contribution in [3.8, 4) is 0 Å². The lowest BCUT2D eigenvalue weighted by Gasteiger charge is -2.18. The summed E-state index contributed by atoms with van der Waals surface area (Å²) >= 11 is 0. The summed E-state index contributed by atoms with van der Waals surface area (Å²) in [6, 6.07) is 15.4. The average molecular weight is 344 g/mol. The molecule has 5 nitrogen and oxygen atoms in total. The van der Waals surface area contributed by atoms with Crippen LogP contribution < -0.4 is 5.63 Å². The molecule has 1 N–H and O–H groups in total. The number of benzene rings is 2. The van der Waals surface area contributed by atoms with Crippen LogP contribution in [0.3, 0.4) is 0 Å². The normalized spacial score (nSPS) is 13.1. The Kier molecular flexibility index (Phi) is 4.26. The third kappa shape index (κ3) is 2.86. The van der Waals surface area contributed by atoms with Crippen molar-refractivity contribution in [1.29, 1.82) is 0 Å². The van der Waals surface area contributed by atoms with E-state index >= 15 is 0 Å². The molecule has 1 atom stereocenters. The van der Waals surface area contributed by atoms with Crippen molar-refractivity contribution in [2.75, 3.05) is 0 Å². The molecule has 0 saturated heterocycles. The molecule has 1 aromatic heterocycles. The molecule has 1 heterocycles. The predicted octanol–water partition coefficient (Wildman–Crippen LogP) is 3.58. The van der Waals surface area contributed by atoms with E-state index < -0.39 is 21.7 Å². The zero-order valence-corrected chi connectivity index (χ0v) is 13.8. The first-order valence-electron chi connectivity index (χ1n) is 7.51. The molecule has 3 aromatic rings. The second-order valence-corrected chi connectivity index (χ2v) is 6.83. The largest absolute Gasteiger partial charge is 0.422 e. The van der Waals surface area contributed by atoms with Gasteiger partial charge in [0.25, 0.3) is 10.1 Å². The summed E-state index contributed by atoms with van der Waals surface area (Å²) in [4.78, 5) is 12.2. The van der Waals surface area contributed by atoms with Gasteiger partial charge in [-0.3, -0.25) is 4.55 Å². The Morgan fingerprint density at radius 3 is 2.29 bits per heavy atom. The molecule has 3 rings (SSSR count). The van der Waals surface area contributed by atoms with Crippen LogP contribution in [0.1, 0.15) is 30.4 Å². The molecular weight excluding hydrogens is 328 g/mol. The quantitative estimate of drug-likeness (QED) is 0.577. The Bertz CT molecular complexity index is 1040. The van der Waals surface area contributed by atoms with Crippen LogP contribution in [0, 0.1) is 0 Å². The first kappa shape index (κ1) is 16.4. The Morgan fingerprint density at radius 2 is 1.67 bits per heavy atom. The number of para-hydroxylation sites is 1. The highest BCUT2D eigenvalue weighted by Crippen LogP contribution is 2.34. The molecule has 0 radical (unpaired) electrons. The van der Waals surface area contributed by atoms with E-state index in [-0.39, 0.29) is 21.4 Å². The SMILES string of the molecule is CCC(c1ccccc1)c1c(S(=O)(=O)O)c2ccccc2oc1=O. The van der Waals surface area contributed by atoms with Crippen molar-refractivity contribution in [3.63, 3.8) is 0 Å². The molecule has 0 aliphatic heterocycles. The molecule has 0 fully saturated rings. The first-order chi connectivity index (χ1) is 11.4. The van der Waals surface area contributed by atoms with Crippen LogP contribution in [0.4, 0.5) is 0 Å². The zero-order chi connectivity index (χ0) is 17.3. The Balaban J connectivity index is 2.43. The molecule has 2 aromatic carbocycles. The fraction of sp³-hybridized carbons (Fsp3) is 0.167. The first-order valence-corrected chi connectivity index (χ1v) is 8.95. The minimum Gasteiger partial charge on any atom is -0.422 e. The lowest BCUT2D eigenvalue weighted by atomic mass is 9.89.